The van der Waals surface area contributed by atoms with E-state index in [1.165, 1.54) is 11.3 Å². The van der Waals surface area contributed by atoms with Crippen molar-refractivity contribution in [2.24, 2.45) is 0 Å². The van der Waals surface area contributed by atoms with Crippen molar-refractivity contribution in [3.05, 3.63) is 64.7 Å². The molecule has 1 N–H and O–H groups in total. The number of para-hydroxylation sites is 1. The molecule has 0 aliphatic carbocycles. The van der Waals surface area contributed by atoms with Gasteiger partial charge in [0.2, 0.25) is 0 Å². The molecular formula is C28H33N3O3. The van der Waals surface area contributed by atoms with Gasteiger partial charge in [-0.3, -0.25) is 14.9 Å². The Morgan fingerprint density at radius 1 is 1.09 bits per heavy atom. The molecular weight excluding hydrogens is 426 g/mol. The molecule has 1 atom stereocenters. The third kappa shape index (κ3) is 4.02. The Kier molecular flexibility index (Phi) is 6.11. The van der Waals surface area contributed by atoms with Gasteiger partial charge in [0.15, 0.2) is 0 Å². The number of hydrogen-bond acceptors (Lipinski definition) is 4. The number of nitrogens with zero attached hydrogens (tertiary/aromatic N) is 2. The summed E-state index contributed by atoms with van der Waals surface area (Å²) < 4.78 is 0. The lowest BCUT2D eigenvalue weighted by Gasteiger charge is -2.50. The van der Waals surface area contributed by atoms with Crippen LogP contribution in [0.1, 0.15) is 70.6 Å². The number of carbonyl (C=O) groups excluding carboxylic acids is 3. The quantitative estimate of drug-likeness (QED) is 0.490. The van der Waals surface area contributed by atoms with Crippen LogP contribution < -0.4 is 15.1 Å². The van der Waals surface area contributed by atoms with Crippen LogP contribution in [-0.4, -0.2) is 29.4 Å². The average molecular weight is 460 g/mol. The van der Waals surface area contributed by atoms with E-state index in [1.807, 2.05) is 25.1 Å². The lowest BCUT2D eigenvalue weighted by atomic mass is 9.78. The minimum absolute atomic E-state index is 0.0350. The highest BCUT2D eigenvalue weighted by atomic mass is 16.2. The molecule has 178 valence electrons. The maximum atomic E-state index is 13.4. The van der Waals surface area contributed by atoms with Gasteiger partial charge in [0, 0.05) is 17.3 Å². The molecule has 34 heavy (non-hydrogen) atoms. The average Bonchev–Trinajstić information content (AvgIpc) is 2.76. The second-order valence-corrected chi connectivity index (χ2v) is 10.1. The summed E-state index contributed by atoms with van der Waals surface area (Å²) in [6.45, 7) is 13.1. The summed E-state index contributed by atoms with van der Waals surface area (Å²) >= 11 is 0. The summed E-state index contributed by atoms with van der Waals surface area (Å²) in [7, 11) is 0. The van der Waals surface area contributed by atoms with Crippen molar-refractivity contribution >= 4 is 35.3 Å². The molecule has 2 aromatic carbocycles. The van der Waals surface area contributed by atoms with E-state index in [9.17, 15) is 14.4 Å². The van der Waals surface area contributed by atoms with Crippen molar-refractivity contribution in [3.8, 4) is 0 Å². The number of carbonyl (C=O) groups is 3. The minimum atomic E-state index is -0.720. The zero-order chi connectivity index (χ0) is 24.8. The zero-order valence-electron chi connectivity index (χ0n) is 20.8. The molecule has 4 amide bonds. The van der Waals surface area contributed by atoms with Crippen LogP contribution in [0.25, 0.3) is 6.08 Å². The highest BCUT2D eigenvalue weighted by molar-refractivity contribution is 6.39. The summed E-state index contributed by atoms with van der Waals surface area (Å²) in [5.74, 6) is -0.940. The van der Waals surface area contributed by atoms with E-state index in [2.05, 4.69) is 57.0 Å². The van der Waals surface area contributed by atoms with Crippen LogP contribution in [0.4, 0.5) is 16.2 Å². The molecule has 6 heteroatoms. The van der Waals surface area contributed by atoms with Crippen LogP contribution in [0.3, 0.4) is 0 Å². The Bertz CT molecular complexity index is 1200. The van der Waals surface area contributed by atoms with Crippen LogP contribution >= 0.6 is 0 Å². The van der Waals surface area contributed by atoms with Crippen molar-refractivity contribution in [2.75, 3.05) is 9.80 Å². The molecule has 0 unspecified atom stereocenters. The number of nitrogens with one attached hydrogen (secondary N) is 1. The molecule has 6 nitrogen and oxygen atoms in total. The fourth-order valence-electron chi connectivity index (χ4n) is 5.61. The number of benzene rings is 2. The van der Waals surface area contributed by atoms with Crippen molar-refractivity contribution in [3.63, 3.8) is 0 Å². The fourth-order valence-corrected chi connectivity index (χ4v) is 5.61. The number of anilines is 2. The third-order valence-electron chi connectivity index (χ3n) is 6.84. The van der Waals surface area contributed by atoms with E-state index >= 15 is 0 Å². The fraction of sp³-hybridized carbons (Fsp3) is 0.393. The van der Waals surface area contributed by atoms with Gasteiger partial charge in [-0.05, 0) is 87.4 Å². The van der Waals surface area contributed by atoms with Gasteiger partial charge in [-0.1, -0.05) is 38.1 Å². The highest BCUT2D eigenvalue weighted by Crippen LogP contribution is 2.44. The van der Waals surface area contributed by atoms with E-state index in [1.54, 1.807) is 18.2 Å². The number of hydrogen-bond donors (Lipinski definition) is 1. The minimum Gasteiger partial charge on any atom is -0.364 e. The van der Waals surface area contributed by atoms with E-state index in [4.69, 9.17) is 0 Å². The van der Waals surface area contributed by atoms with Crippen LogP contribution in [0.5, 0.6) is 0 Å². The molecule has 4 rings (SSSR count). The molecule has 2 aliphatic rings. The van der Waals surface area contributed by atoms with Crippen molar-refractivity contribution in [1.29, 1.82) is 0 Å². The van der Waals surface area contributed by atoms with Crippen LogP contribution in [0.15, 0.2) is 48.0 Å². The topological polar surface area (TPSA) is 69.7 Å². The number of urea groups is 1. The van der Waals surface area contributed by atoms with Gasteiger partial charge in [0.1, 0.15) is 5.57 Å². The first kappa shape index (κ1) is 23.7. The Hall–Kier alpha value is -3.41. The molecule has 2 heterocycles. The molecule has 2 aromatic rings. The molecule has 2 aliphatic heterocycles. The predicted molar refractivity (Wildman–Crippen MR) is 136 cm³/mol. The van der Waals surface area contributed by atoms with Gasteiger partial charge in [-0.25, -0.2) is 9.69 Å². The molecule has 1 fully saturated rings. The van der Waals surface area contributed by atoms with Crippen LogP contribution in [0.2, 0.25) is 0 Å². The Balaban J connectivity index is 1.75. The standard InChI is InChI=1S/C28H33N3O3/c1-7-20-10-8-9-11-23(20)30-26(33)22(25(32)29-27(30)34)15-19-12-13-24-21(14-19)18(4)16-28(5,6)31(24)17(2)3/h8-15,17-18H,7,16H2,1-6H3,(H,29,32,34)/b22-15+/t18-/m0/s1. The highest BCUT2D eigenvalue weighted by Gasteiger charge is 2.39. The van der Waals surface area contributed by atoms with Crippen molar-refractivity contribution in [2.45, 2.75) is 71.9 Å². The van der Waals surface area contributed by atoms with Gasteiger partial charge in [0.05, 0.1) is 5.69 Å². The van der Waals surface area contributed by atoms with Crippen molar-refractivity contribution < 1.29 is 14.4 Å². The van der Waals surface area contributed by atoms with E-state index < -0.39 is 17.8 Å². The largest absolute Gasteiger partial charge is 0.364 e. The van der Waals surface area contributed by atoms with E-state index in [0.29, 0.717) is 24.1 Å². The molecule has 0 radical (unpaired) electrons. The molecule has 1 saturated heterocycles. The van der Waals surface area contributed by atoms with E-state index in [-0.39, 0.29) is 11.1 Å². The van der Waals surface area contributed by atoms with Gasteiger partial charge >= 0.3 is 6.03 Å². The predicted octanol–water partition coefficient (Wildman–Crippen LogP) is 5.42. The number of aryl methyl sites for hydroxylation is 1. The van der Waals surface area contributed by atoms with Crippen LogP contribution in [0, 0.1) is 0 Å². The SMILES string of the molecule is CCc1ccccc1N1C(=O)NC(=O)/C(=C\c2ccc3c(c2)[C@@H](C)CC(C)(C)N3C(C)C)C1=O. The summed E-state index contributed by atoms with van der Waals surface area (Å²) in [6, 6.07) is 13.0. The Morgan fingerprint density at radius 3 is 2.47 bits per heavy atom. The first-order valence-electron chi connectivity index (χ1n) is 12.0. The molecule has 0 saturated carbocycles. The second kappa shape index (κ2) is 8.75. The summed E-state index contributed by atoms with van der Waals surface area (Å²) in [5, 5.41) is 2.33. The number of rotatable bonds is 4. The Morgan fingerprint density at radius 2 is 1.79 bits per heavy atom. The first-order valence-corrected chi connectivity index (χ1v) is 12.0. The van der Waals surface area contributed by atoms with Gasteiger partial charge in [0.25, 0.3) is 11.8 Å². The molecule has 0 aromatic heterocycles. The third-order valence-corrected chi connectivity index (χ3v) is 6.84. The normalized spacial score (nSPS) is 21.2. The number of imide groups is 2. The van der Waals surface area contributed by atoms with Gasteiger partial charge in [-0.2, -0.15) is 0 Å². The van der Waals surface area contributed by atoms with Gasteiger partial charge < -0.3 is 4.90 Å². The maximum Gasteiger partial charge on any atom is 0.335 e. The monoisotopic (exact) mass is 459 g/mol. The summed E-state index contributed by atoms with van der Waals surface area (Å²) in [6.07, 6.45) is 3.26. The first-order chi connectivity index (χ1) is 16.0. The van der Waals surface area contributed by atoms with E-state index in [0.717, 1.165) is 22.4 Å². The number of amides is 4. The summed E-state index contributed by atoms with van der Waals surface area (Å²) in [5.41, 5.74) is 4.51. The molecule has 0 bridgehead atoms. The number of barbiturate groups is 1. The molecule has 0 spiro atoms. The smallest absolute Gasteiger partial charge is 0.335 e. The van der Waals surface area contributed by atoms with Crippen molar-refractivity contribution in [1.82, 2.24) is 5.32 Å². The summed E-state index contributed by atoms with van der Waals surface area (Å²) in [4.78, 5) is 42.2. The number of fused-ring (bicyclic) bond motifs is 1. The van der Waals surface area contributed by atoms with Gasteiger partial charge in [-0.15, -0.1) is 0 Å². The Labute approximate surface area is 201 Å². The maximum absolute atomic E-state index is 13.4. The van der Waals surface area contributed by atoms with Crippen LogP contribution in [-0.2, 0) is 16.0 Å². The lowest BCUT2D eigenvalue weighted by Crippen LogP contribution is -2.54. The second-order valence-electron chi connectivity index (χ2n) is 10.1. The zero-order valence-corrected chi connectivity index (χ0v) is 20.8. The lowest BCUT2D eigenvalue weighted by molar-refractivity contribution is -0.122.